The third-order valence-electron chi connectivity index (χ3n) is 4.46. The highest BCUT2D eigenvalue weighted by molar-refractivity contribution is 7.69. The summed E-state index contributed by atoms with van der Waals surface area (Å²) >= 11 is 0. The van der Waals surface area contributed by atoms with Gasteiger partial charge in [0.15, 0.2) is 0 Å². The van der Waals surface area contributed by atoms with Crippen LogP contribution < -0.4 is 5.19 Å². The van der Waals surface area contributed by atoms with Crippen LogP contribution in [0.2, 0.25) is 37.8 Å². The van der Waals surface area contributed by atoms with Crippen LogP contribution in [0, 0.1) is 0 Å². The first-order valence-electron chi connectivity index (χ1n) is 7.10. The maximum absolute atomic E-state index is 2.62. The van der Waals surface area contributed by atoms with Gasteiger partial charge in [-0.1, -0.05) is 89.0 Å². The molecule has 0 nitrogen and oxygen atoms in total. The lowest BCUT2D eigenvalue weighted by Gasteiger charge is -2.54. The maximum Gasteiger partial charge on any atom is 0.0751 e. The highest BCUT2D eigenvalue weighted by atomic mass is 29.6. The van der Waals surface area contributed by atoms with E-state index in [4.69, 9.17) is 0 Å². The van der Waals surface area contributed by atoms with Crippen molar-refractivity contribution >= 4 is 28.2 Å². The van der Waals surface area contributed by atoms with Gasteiger partial charge in [0.05, 0.1) is 7.11 Å². The Bertz CT molecular complexity index is 368. The van der Waals surface area contributed by atoms with Crippen molar-refractivity contribution in [3.63, 3.8) is 0 Å². The van der Waals surface area contributed by atoms with Crippen LogP contribution in [0.4, 0.5) is 0 Å². The van der Waals surface area contributed by atoms with Gasteiger partial charge >= 0.3 is 0 Å². The van der Waals surface area contributed by atoms with Gasteiger partial charge in [0, 0.05) is 15.9 Å². The first kappa shape index (κ1) is 15.9. The molecule has 1 atom stereocenters. The molecule has 0 spiro atoms. The summed E-state index contributed by atoms with van der Waals surface area (Å²) in [5.74, 6) is 0. The summed E-state index contributed by atoms with van der Waals surface area (Å²) in [5.41, 5.74) is 0. The van der Waals surface area contributed by atoms with Crippen LogP contribution >= 0.6 is 0 Å². The predicted molar refractivity (Wildman–Crippen MR) is 93.8 cm³/mol. The molecule has 0 aromatic heterocycles. The molecule has 0 aliphatic heterocycles. The van der Waals surface area contributed by atoms with E-state index in [0.29, 0.717) is 5.04 Å². The van der Waals surface area contributed by atoms with Crippen LogP contribution in [0.5, 0.6) is 0 Å². The average molecular weight is 295 g/mol. The highest BCUT2D eigenvalue weighted by Gasteiger charge is 2.56. The second-order valence-corrected chi connectivity index (χ2v) is 33.0. The Labute approximate surface area is 117 Å². The van der Waals surface area contributed by atoms with E-state index in [2.05, 4.69) is 83.8 Å². The van der Waals surface area contributed by atoms with Crippen molar-refractivity contribution in [1.29, 1.82) is 0 Å². The molecular weight excluding hydrogens is 264 g/mol. The zero-order valence-corrected chi connectivity index (χ0v) is 16.6. The third kappa shape index (κ3) is 2.45. The minimum atomic E-state index is -1.37. The Morgan fingerprint density at radius 3 is 1.61 bits per heavy atom. The van der Waals surface area contributed by atoms with Gasteiger partial charge in [0.25, 0.3) is 0 Å². The number of hydrogen-bond donors (Lipinski definition) is 0. The van der Waals surface area contributed by atoms with E-state index < -0.39 is 23.0 Å². The average Bonchev–Trinajstić information content (AvgIpc) is 2.14. The fourth-order valence-corrected chi connectivity index (χ4v) is 52.0. The molecule has 102 valence electrons. The smallest absolute Gasteiger partial charge is 0.0739 e. The largest absolute Gasteiger partial charge is 0.0751 e. The molecule has 0 N–H and O–H groups in total. The number of rotatable bonds is 3. The van der Waals surface area contributed by atoms with Crippen LogP contribution in [0.15, 0.2) is 30.3 Å². The SMILES string of the molecule is C[SiH](C)[Si](c1ccccc1)(C(C)(C)C)[Si](C)(C)C. The van der Waals surface area contributed by atoms with Crippen LogP contribution in [-0.4, -0.2) is 23.0 Å². The molecular formula is C15H30Si3. The lowest BCUT2D eigenvalue weighted by atomic mass is 10.2. The summed E-state index contributed by atoms with van der Waals surface area (Å²) in [6.07, 6.45) is 0. The molecule has 0 aliphatic carbocycles. The molecule has 1 rings (SSSR count). The number of hydrogen-bond acceptors (Lipinski definition) is 0. The fraction of sp³-hybridized carbons (Fsp3) is 0.600. The van der Waals surface area contributed by atoms with E-state index >= 15 is 0 Å². The van der Waals surface area contributed by atoms with Crippen molar-refractivity contribution in [1.82, 2.24) is 0 Å². The van der Waals surface area contributed by atoms with E-state index in [-0.39, 0.29) is 0 Å². The Morgan fingerprint density at radius 2 is 1.33 bits per heavy atom. The van der Waals surface area contributed by atoms with Crippen molar-refractivity contribution in [3.05, 3.63) is 30.3 Å². The third-order valence-corrected chi connectivity index (χ3v) is 44.2. The topological polar surface area (TPSA) is 0 Å². The molecule has 0 radical (unpaired) electrons. The van der Waals surface area contributed by atoms with Crippen LogP contribution in [0.25, 0.3) is 0 Å². The normalized spacial score (nSPS) is 16.7. The van der Waals surface area contributed by atoms with Gasteiger partial charge in [-0.15, -0.1) is 0 Å². The molecule has 0 heterocycles. The Morgan fingerprint density at radius 1 is 0.889 bits per heavy atom. The zero-order chi connectivity index (χ0) is 14.2. The van der Waals surface area contributed by atoms with Crippen LogP contribution in [-0.2, 0) is 0 Å². The van der Waals surface area contributed by atoms with Crippen molar-refractivity contribution in [3.8, 4) is 0 Å². The van der Waals surface area contributed by atoms with Gasteiger partial charge in [0.1, 0.15) is 0 Å². The molecule has 0 bridgehead atoms. The molecule has 0 fully saturated rings. The van der Waals surface area contributed by atoms with Gasteiger partial charge in [0.2, 0.25) is 0 Å². The monoisotopic (exact) mass is 294 g/mol. The first-order chi connectivity index (χ1) is 8.05. The molecule has 1 aromatic carbocycles. The van der Waals surface area contributed by atoms with Crippen molar-refractivity contribution in [2.24, 2.45) is 0 Å². The summed E-state index contributed by atoms with van der Waals surface area (Å²) < 4.78 is 0. The van der Waals surface area contributed by atoms with E-state index in [9.17, 15) is 0 Å². The van der Waals surface area contributed by atoms with Crippen molar-refractivity contribution in [2.75, 3.05) is 0 Å². The van der Waals surface area contributed by atoms with Crippen LogP contribution in [0.3, 0.4) is 0 Å². The Hall–Kier alpha value is -0.129. The quantitative estimate of drug-likeness (QED) is 0.736. The summed E-state index contributed by atoms with van der Waals surface area (Å²) in [6, 6.07) is 11.5. The second kappa shape index (κ2) is 5.10. The molecule has 0 amide bonds. The van der Waals surface area contributed by atoms with E-state index in [1.807, 2.05) is 0 Å². The van der Waals surface area contributed by atoms with E-state index in [1.165, 1.54) is 0 Å². The van der Waals surface area contributed by atoms with Gasteiger partial charge in [-0.3, -0.25) is 0 Å². The Balaban J connectivity index is 3.62. The molecule has 0 saturated heterocycles. The van der Waals surface area contributed by atoms with E-state index in [1.54, 1.807) is 5.19 Å². The standard InChI is InChI=1S/C15H30Si3/c1-15(2,3)18(16(4)5,17(6,7)8)14-12-10-9-11-13-14/h9-13,16H,1-8H3. The van der Waals surface area contributed by atoms with Gasteiger partial charge in [-0.25, -0.2) is 0 Å². The minimum absolute atomic E-state index is 0.485. The molecule has 0 aliphatic rings. The first-order valence-corrected chi connectivity index (χ1v) is 17.7. The maximum atomic E-state index is 2.62. The predicted octanol–water partition coefficient (Wildman–Crippen LogP) is 4.12. The summed E-state index contributed by atoms with van der Waals surface area (Å²) in [7, 11) is -3.25. The lowest BCUT2D eigenvalue weighted by Crippen LogP contribution is -2.77. The second-order valence-electron chi connectivity index (χ2n) is 7.83. The van der Waals surface area contributed by atoms with Gasteiger partial charge < -0.3 is 0 Å². The lowest BCUT2D eigenvalue weighted by molar-refractivity contribution is 0.745. The van der Waals surface area contributed by atoms with Crippen LogP contribution in [0.1, 0.15) is 20.8 Å². The summed E-state index contributed by atoms with van der Waals surface area (Å²) in [5, 5.41) is 2.22. The minimum Gasteiger partial charge on any atom is -0.0739 e. The van der Waals surface area contributed by atoms with Gasteiger partial charge in [-0.2, -0.15) is 0 Å². The van der Waals surface area contributed by atoms with E-state index in [0.717, 1.165) is 0 Å². The molecule has 0 saturated carbocycles. The zero-order valence-electron chi connectivity index (χ0n) is 13.5. The highest BCUT2D eigenvalue weighted by Crippen LogP contribution is 2.43. The molecule has 3 heteroatoms. The fourth-order valence-electron chi connectivity index (χ4n) is 4.76. The van der Waals surface area contributed by atoms with Gasteiger partial charge in [-0.05, 0) is 5.04 Å². The van der Waals surface area contributed by atoms with Crippen molar-refractivity contribution < 1.29 is 0 Å². The molecule has 18 heavy (non-hydrogen) atoms. The molecule has 1 unspecified atom stereocenters. The summed E-state index contributed by atoms with van der Waals surface area (Å²) in [4.78, 5) is 0. The molecule has 1 aromatic rings. The Kier molecular flexibility index (Phi) is 4.51. The van der Waals surface area contributed by atoms with Crippen molar-refractivity contribution in [2.45, 2.75) is 58.5 Å². The number of benzene rings is 1. The summed E-state index contributed by atoms with van der Waals surface area (Å²) in [6.45, 7) is 20.6.